The summed E-state index contributed by atoms with van der Waals surface area (Å²) >= 11 is 0. The fraction of sp³-hybridized carbons (Fsp3) is 0.897. The first-order valence-corrected chi connectivity index (χ1v) is 19.7. The van der Waals surface area contributed by atoms with Gasteiger partial charge >= 0.3 is 5.97 Å². The number of rotatable bonds is 14. The number of carbonyl (C=O) groups excluding carboxylic acids is 1. The molecule has 0 aromatic carbocycles. The fourth-order valence-electron chi connectivity index (χ4n) is 4.25. The van der Waals surface area contributed by atoms with E-state index in [2.05, 4.69) is 88.2 Å². The Morgan fingerprint density at radius 1 is 1.00 bits per heavy atom. The molecule has 1 aliphatic heterocycles. The van der Waals surface area contributed by atoms with Crippen molar-refractivity contribution in [2.45, 2.75) is 123 Å². The maximum absolute atomic E-state index is 11.8. The van der Waals surface area contributed by atoms with E-state index in [0.29, 0.717) is 19.8 Å². The Hall–Kier alpha value is -0.516. The molecule has 0 bridgehead atoms. The molecule has 1 fully saturated rings. The average molecular weight is 559 g/mol. The zero-order chi connectivity index (χ0) is 29.2. The third-order valence-electron chi connectivity index (χ3n) is 9.57. The number of epoxide rings is 1. The van der Waals surface area contributed by atoms with Crippen LogP contribution in [-0.4, -0.2) is 65.3 Å². The molecule has 0 unspecified atom stereocenters. The van der Waals surface area contributed by atoms with Crippen LogP contribution in [0.4, 0.5) is 0 Å². The topological polar surface area (TPSA) is 77.5 Å². The molecule has 0 spiro atoms. The lowest BCUT2D eigenvalue weighted by molar-refractivity contribution is -0.142. The molecule has 1 N–H and O–H groups in total. The standard InChI is InChI=1S/C29H58O6Si2/c1-16-23(18-33-36(12,13)27(5,6)7)25(31)24(19-34-37(14,15)28(8,9)10)21(3)29(11)26(35-29)20(2)17-32-22(4)30/h16,20-21,23-26,31H,1,17-19H2,2-15H3/t20-,21-,23-,24+,25+,26+,29+/m0/s1. The van der Waals surface area contributed by atoms with E-state index in [1.54, 1.807) is 0 Å². The highest BCUT2D eigenvalue weighted by Gasteiger charge is 2.61. The van der Waals surface area contributed by atoms with Crippen LogP contribution in [0.3, 0.4) is 0 Å². The molecule has 1 rings (SSSR count). The van der Waals surface area contributed by atoms with Crippen molar-refractivity contribution in [1.29, 1.82) is 0 Å². The molecule has 0 aromatic heterocycles. The molecule has 1 aliphatic rings. The van der Waals surface area contributed by atoms with Crippen LogP contribution < -0.4 is 0 Å². The minimum Gasteiger partial charge on any atom is -0.465 e. The molecule has 0 saturated carbocycles. The third kappa shape index (κ3) is 8.74. The SMILES string of the molecule is C=C[C@@H](CO[Si](C)(C)C(C)(C)C)[C@@H](O)[C@H](CO[Si](C)(C)C(C)(C)C)[C@H](C)[C@@]1(C)O[C@@H]1[C@@H](C)COC(C)=O. The van der Waals surface area contributed by atoms with Gasteiger partial charge in [-0.2, -0.15) is 0 Å². The summed E-state index contributed by atoms with van der Waals surface area (Å²) in [7, 11) is -4.02. The van der Waals surface area contributed by atoms with Crippen molar-refractivity contribution in [3.8, 4) is 0 Å². The number of carbonyl (C=O) groups is 1. The van der Waals surface area contributed by atoms with Crippen molar-refractivity contribution in [3.05, 3.63) is 12.7 Å². The molecule has 7 atom stereocenters. The quantitative estimate of drug-likeness (QED) is 0.109. The van der Waals surface area contributed by atoms with E-state index in [1.807, 2.05) is 13.0 Å². The van der Waals surface area contributed by atoms with Gasteiger partial charge in [-0.1, -0.05) is 61.5 Å². The molecule has 218 valence electrons. The lowest BCUT2D eigenvalue weighted by Crippen LogP contribution is -2.48. The molecule has 0 aromatic rings. The summed E-state index contributed by atoms with van der Waals surface area (Å²) in [5.41, 5.74) is -0.436. The molecular weight excluding hydrogens is 500 g/mol. The predicted molar refractivity (Wildman–Crippen MR) is 158 cm³/mol. The van der Waals surface area contributed by atoms with E-state index in [-0.39, 0.29) is 45.8 Å². The van der Waals surface area contributed by atoms with Crippen LogP contribution in [0.1, 0.15) is 69.2 Å². The largest absolute Gasteiger partial charge is 0.465 e. The van der Waals surface area contributed by atoms with Crippen LogP contribution in [0.15, 0.2) is 12.7 Å². The Morgan fingerprint density at radius 3 is 1.86 bits per heavy atom. The van der Waals surface area contributed by atoms with Gasteiger partial charge in [0.2, 0.25) is 0 Å². The predicted octanol–water partition coefficient (Wildman–Crippen LogP) is 6.80. The summed E-state index contributed by atoms with van der Waals surface area (Å²) in [4.78, 5) is 11.3. The second-order valence-corrected chi connectivity index (χ2v) is 24.1. The fourth-order valence-corrected chi connectivity index (χ4v) is 6.34. The second kappa shape index (κ2) is 12.3. The van der Waals surface area contributed by atoms with Crippen molar-refractivity contribution < 1.29 is 28.2 Å². The lowest BCUT2D eigenvalue weighted by Gasteiger charge is -2.41. The first-order valence-electron chi connectivity index (χ1n) is 13.9. The normalized spacial score (nSPS) is 25.1. The minimum atomic E-state index is -2.04. The Bertz CT molecular complexity index is 769. The van der Waals surface area contributed by atoms with Crippen LogP contribution in [0.2, 0.25) is 36.3 Å². The van der Waals surface area contributed by atoms with Crippen LogP contribution in [0.25, 0.3) is 0 Å². The molecule has 0 aliphatic carbocycles. The maximum atomic E-state index is 11.8. The highest BCUT2D eigenvalue weighted by atomic mass is 28.4. The van der Waals surface area contributed by atoms with Gasteiger partial charge in [0, 0.05) is 37.9 Å². The van der Waals surface area contributed by atoms with E-state index in [1.165, 1.54) is 6.92 Å². The lowest BCUT2D eigenvalue weighted by atomic mass is 9.75. The van der Waals surface area contributed by atoms with Crippen molar-refractivity contribution >= 4 is 22.6 Å². The first-order chi connectivity index (χ1) is 16.5. The summed E-state index contributed by atoms with van der Waals surface area (Å²) in [6, 6.07) is 0. The number of hydrogen-bond acceptors (Lipinski definition) is 6. The van der Waals surface area contributed by atoms with Gasteiger partial charge < -0.3 is 23.4 Å². The highest BCUT2D eigenvalue weighted by Crippen LogP contribution is 2.51. The number of hydrogen-bond donors (Lipinski definition) is 1. The van der Waals surface area contributed by atoms with Gasteiger partial charge in [-0.3, -0.25) is 4.79 Å². The minimum absolute atomic E-state index is 0.00682. The third-order valence-corrected chi connectivity index (χ3v) is 18.6. The van der Waals surface area contributed by atoms with Gasteiger partial charge in [0.25, 0.3) is 0 Å². The summed E-state index contributed by atoms with van der Waals surface area (Å²) in [6.45, 7) is 35.3. The van der Waals surface area contributed by atoms with Crippen LogP contribution in [0, 0.1) is 23.7 Å². The summed E-state index contributed by atoms with van der Waals surface area (Å²) < 4.78 is 24.7. The van der Waals surface area contributed by atoms with E-state index >= 15 is 0 Å². The van der Waals surface area contributed by atoms with Gasteiger partial charge in [-0.05, 0) is 49.1 Å². The van der Waals surface area contributed by atoms with Gasteiger partial charge in [-0.15, -0.1) is 6.58 Å². The summed E-state index contributed by atoms with van der Waals surface area (Å²) in [5, 5.41) is 12.0. The number of aliphatic hydroxyl groups excluding tert-OH is 1. The molecule has 37 heavy (non-hydrogen) atoms. The molecular formula is C29H58O6Si2. The molecule has 1 saturated heterocycles. The Kier molecular flexibility index (Phi) is 11.5. The maximum Gasteiger partial charge on any atom is 0.302 e. The van der Waals surface area contributed by atoms with Gasteiger partial charge in [0.15, 0.2) is 16.6 Å². The number of aliphatic hydroxyl groups is 1. The van der Waals surface area contributed by atoms with Gasteiger partial charge in [0.1, 0.15) is 0 Å². The summed E-state index contributed by atoms with van der Waals surface area (Å²) in [5.74, 6) is -0.603. The molecule has 0 amide bonds. The number of ether oxygens (including phenoxy) is 2. The zero-order valence-electron chi connectivity index (χ0n) is 26.4. The van der Waals surface area contributed by atoms with E-state index < -0.39 is 28.3 Å². The molecule has 1 heterocycles. The summed E-state index contributed by atoms with van der Waals surface area (Å²) in [6.07, 6.45) is 1.10. The van der Waals surface area contributed by atoms with Crippen molar-refractivity contribution in [3.63, 3.8) is 0 Å². The van der Waals surface area contributed by atoms with Gasteiger partial charge in [0.05, 0.1) is 24.4 Å². The second-order valence-electron chi connectivity index (χ2n) is 14.5. The van der Waals surface area contributed by atoms with Crippen molar-refractivity contribution in [2.75, 3.05) is 19.8 Å². The van der Waals surface area contributed by atoms with Crippen molar-refractivity contribution in [2.24, 2.45) is 23.7 Å². The van der Waals surface area contributed by atoms with Crippen molar-refractivity contribution in [1.82, 2.24) is 0 Å². The Labute approximate surface area is 230 Å². The van der Waals surface area contributed by atoms with E-state index in [9.17, 15) is 9.90 Å². The van der Waals surface area contributed by atoms with Crippen LogP contribution in [0.5, 0.6) is 0 Å². The van der Waals surface area contributed by atoms with Crippen LogP contribution in [-0.2, 0) is 23.1 Å². The first kappa shape index (κ1) is 34.5. The van der Waals surface area contributed by atoms with E-state index in [4.69, 9.17) is 18.3 Å². The average Bonchev–Trinajstić information content (AvgIpc) is 3.43. The zero-order valence-corrected chi connectivity index (χ0v) is 28.4. The number of esters is 1. The Balaban J connectivity index is 3.17. The molecule has 0 radical (unpaired) electrons. The van der Waals surface area contributed by atoms with Gasteiger partial charge in [-0.25, -0.2) is 0 Å². The highest BCUT2D eigenvalue weighted by molar-refractivity contribution is 6.74. The smallest absolute Gasteiger partial charge is 0.302 e. The van der Waals surface area contributed by atoms with Crippen LogP contribution >= 0.6 is 0 Å². The molecule has 6 nitrogen and oxygen atoms in total. The van der Waals surface area contributed by atoms with E-state index in [0.717, 1.165) is 0 Å². The molecule has 8 heteroatoms. The Morgan fingerprint density at radius 2 is 1.46 bits per heavy atom. The monoisotopic (exact) mass is 558 g/mol.